The first kappa shape index (κ1) is 21.7. The highest BCUT2D eigenvalue weighted by atomic mass is 79.9. The molecule has 0 aromatic heterocycles. The van der Waals surface area contributed by atoms with Gasteiger partial charge >= 0.3 is 12.1 Å². The van der Waals surface area contributed by atoms with Crippen molar-refractivity contribution < 1.29 is 19.4 Å². The Labute approximate surface area is 194 Å². The molecule has 1 aliphatic carbocycles. The quantitative estimate of drug-likeness (QED) is 0.370. The number of carboxylic acids is 1. The van der Waals surface area contributed by atoms with E-state index in [1.807, 2.05) is 24.3 Å². The molecule has 160 valence electrons. The molecule has 4 rings (SSSR count). The van der Waals surface area contributed by atoms with Gasteiger partial charge in [0.25, 0.3) is 0 Å². The van der Waals surface area contributed by atoms with E-state index in [4.69, 9.17) is 4.74 Å². The predicted octanol–water partition coefficient (Wildman–Crippen LogP) is 5.43. The molecule has 0 unspecified atom stereocenters. The lowest BCUT2D eigenvalue weighted by Gasteiger charge is -2.14. The minimum absolute atomic E-state index is 0.0137. The van der Waals surface area contributed by atoms with Crippen LogP contribution in [0.25, 0.3) is 11.1 Å². The minimum atomic E-state index is -1.03. The third-order valence-corrected chi connectivity index (χ3v) is 5.79. The molecule has 3 aromatic rings. The molecule has 1 aliphatic rings. The highest BCUT2D eigenvalue weighted by molar-refractivity contribution is 9.10. The molecular formula is C26H20BrNO4. The van der Waals surface area contributed by atoms with Crippen molar-refractivity contribution in [2.45, 2.75) is 12.3 Å². The Kier molecular flexibility index (Phi) is 6.58. The molecule has 32 heavy (non-hydrogen) atoms. The van der Waals surface area contributed by atoms with Gasteiger partial charge in [-0.2, -0.15) is 0 Å². The first-order valence-electron chi connectivity index (χ1n) is 10.1. The molecule has 0 atom stereocenters. The number of hydrogen-bond acceptors (Lipinski definition) is 3. The summed E-state index contributed by atoms with van der Waals surface area (Å²) in [4.78, 5) is 23.5. The number of halogens is 1. The van der Waals surface area contributed by atoms with Crippen LogP contribution >= 0.6 is 15.9 Å². The SMILES string of the molecule is O=C(NCCC#Cc1ccc(Br)cc1C(=O)O)OCC1c2ccccc2-c2ccccc21. The van der Waals surface area contributed by atoms with Crippen LogP contribution in [0.3, 0.4) is 0 Å². The van der Waals surface area contributed by atoms with E-state index in [2.05, 4.69) is 57.4 Å². The van der Waals surface area contributed by atoms with Gasteiger partial charge < -0.3 is 15.2 Å². The van der Waals surface area contributed by atoms with Gasteiger partial charge in [0.2, 0.25) is 0 Å². The Morgan fingerprint density at radius 2 is 1.66 bits per heavy atom. The number of carbonyl (C=O) groups excluding carboxylic acids is 1. The van der Waals surface area contributed by atoms with Crippen molar-refractivity contribution in [3.05, 3.63) is 93.5 Å². The van der Waals surface area contributed by atoms with E-state index in [1.165, 1.54) is 17.2 Å². The van der Waals surface area contributed by atoms with E-state index >= 15 is 0 Å². The Bertz CT molecular complexity index is 1200. The molecule has 0 saturated heterocycles. The second-order valence-corrected chi connectivity index (χ2v) is 8.21. The van der Waals surface area contributed by atoms with Gasteiger partial charge in [0.15, 0.2) is 0 Å². The van der Waals surface area contributed by atoms with Crippen LogP contribution in [0, 0.1) is 11.8 Å². The Hall–Kier alpha value is -3.56. The van der Waals surface area contributed by atoms with E-state index in [1.54, 1.807) is 12.1 Å². The monoisotopic (exact) mass is 489 g/mol. The number of aromatic carboxylic acids is 1. The number of nitrogens with one attached hydrogen (secondary N) is 1. The lowest BCUT2D eigenvalue weighted by molar-refractivity contribution is 0.0696. The first-order valence-corrected chi connectivity index (χ1v) is 10.9. The highest BCUT2D eigenvalue weighted by Gasteiger charge is 2.28. The van der Waals surface area contributed by atoms with Crippen molar-refractivity contribution in [1.82, 2.24) is 5.32 Å². The summed E-state index contributed by atoms with van der Waals surface area (Å²) in [5, 5.41) is 12.0. The van der Waals surface area contributed by atoms with Crippen LogP contribution in [0.15, 0.2) is 71.2 Å². The summed E-state index contributed by atoms with van der Waals surface area (Å²) in [7, 11) is 0. The summed E-state index contributed by atoms with van der Waals surface area (Å²) >= 11 is 3.26. The molecule has 3 aromatic carbocycles. The Morgan fingerprint density at radius 3 is 2.31 bits per heavy atom. The largest absolute Gasteiger partial charge is 0.478 e. The van der Waals surface area contributed by atoms with Crippen molar-refractivity contribution in [1.29, 1.82) is 0 Å². The topological polar surface area (TPSA) is 75.6 Å². The maximum absolute atomic E-state index is 12.2. The van der Waals surface area contributed by atoms with Gasteiger partial charge in [-0.25, -0.2) is 9.59 Å². The molecule has 0 bridgehead atoms. The number of hydrogen-bond donors (Lipinski definition) is 2. The average Bonchev–Trinajstić information content (AvgIpc) is 3.12. The molecule has 0 aliphatic heterocycles. The molecule has 2 N–H and O–H groups in total. The summed E-state index contributed by atoms with van der Waals surface area (Å²) in [6.07, 6.45) is -0.122. The average molecular weight is 490 g/mol. The van der Waals surface area contributed by atoms with Crippen molar-refractivity contribution in [2.24, 2.45) is 0 Å². The molecule has 0 heterocycles. The number of alkyl carbamates (subject to hydrolysis) is 1. The number of amides is 1. The Morgan fingerprint density at radius 1 is 1.00 bits per heavy atom. The normalized spacial score (nSPS) is 11.7. The summed E-state index contributed by atoms with van der Waals surface area (Å²) in [6.45, 7) is 0.564. The van der Waals surface area contributed by atoms with Crippen LogP contribution in [-0.4, -0.2) is 30.3 Å². The molecule has 5 nitrogen and oxygen atoms in total. The number of ether oxygens (including phenoxy) is 1. The number of carboxylic acid groups (broad SMARTS) is 1. The predicted molar refractivity (Wildman–Crippen MR) is 126 cm³/mol. The fourth-order valence-corrected chi connectivity index (χ4v) is 4.20. The molecule has 0 radical (unpaired) electrons. The van der Waals surface area contributed by atoms with Gasteiger partial charge in [-0.3, -0.25) is 0 Å². The molecular weight excluding hydrogens is 470 g/mol. The van der Waals surface area contributed by atoms with E-state index < -0.39 is 12.1 Å². The van der Waals surface area contributed by atoms with E-state index in [0.717, 1.165) is 11.1 Å². The maximum atomic E-state index is 12.2. The van der Waals surface area contributed by atoms with Crippen molar-refractivity contribution in [3.8, 4) is 23.0 Å². The molecule has 0 fully saturated rings. The van der Waals surface area contributed by atoms with Crippen LogP contribution in [0.5, 0.6) is 0 Å². The fraction of sp³-hybridized carbons (Fsp3) is 0.154. The van der Waals surface area contributed by atoms with E-state index in [0.29, 0.717) is 23.0 Å². The van der Waals surface area contributed by atoms with Gasteiger partial charge in [0, 0.05) is 28.9 Å². The second kappa shape index (κ2) is 9.71. The lowest BCUT2D eigenvalue weighted by Crippen LogP contribution is -2.26. The highest BCUT2D eigenvalue weighted by Crippen LogP contribution is 2.44. The van der Waals surface area contributed by atoms with Crippen LogP contribution in [0.1, 0.15) is 39.4 Å². The summed E-state index contributed by atoms with van der Waals surface area (Å²) in [6, 6.07) is 21.3. The zero-order chi connectivity index (χ0) is 22.5. The lowest BCUT2D eigenvalue weighted by atomic mass is 9.98. The third kappa shape index (κ3) is 4.68. The zero-order valence-electron chi connectivity index (χ0n) is 17.1. The van der Waals surface area contributed by atoms with E-state index in [-0.39, 0.29) is 18.1 Å². The second-order valence-electron chi connectivity index (χ2n) is 7.30. The van der Waals surface area contributed by atoms with Gasteiger partial charge in [-0.15, -0.1) is 0 Å². The standard InChI is InChI=1S/C26H20BrNO4/c27-18-13-12-17(23(15-18)25(29)30)7-5-6-14-28-26(31)32-16-24-21-10-3-1-8-19(21)20-9-2-4-11-22(20)24/h1-4,8-13,15,24H,6,14,16H2,(H,28,31)(H,29,30). The van der Waals surface area contributed by atoms with Crippen molar-refractivity contribution in [2.75, 3.05) is 13.2 Å². The minimum Gasteiger partial charge on any atom is -0.478 e. The summed E-state index contributed by atoms with van der Waals surface area (Å²) in [5.41, 5.74) is 5.26. The molecule has 1 amide bonds. The van der Waals surface area contributed by atoms with Crippen LogP contribution in [0.4, 0.5) is 4.79 Å². The van der Waals surface area contributed by atoms with Crippen LogP contribution in [-0.2, 0) is 4.74 Å². The van der Waals surface area contributed by atoms with Gasteiger partial charge in [-0.05, 0) is 40.5 Å². The summed E-state index contributed by atoms with van der Waals surface area (Å²) < 4.78 is 6.17. The molecule has 0 saturated carbocycles. The van der Waals surface area contributed by atoms with Gasteiger partial charge in [-0.1, -0.05) is 76.3 Å². The zero-order valence-corrected chi connectivity index (χ0v) is 18.7. The Balaban J connectivity index is 1.30. The maximum Gasteiger partial charge on any atom is 0.407 e. The number of fused-ring (bicyclic) bond motifs is 3. The summed E-state index contributed by atoms with van der Waals surface area (Å²) in [5.74, 6) is 4.73. The van der Waals surface area contributed by atoms with Crippen LogP contribution < -0.4 is 5.32 Å². The van der Waals surface area contributed by atoms with Gasteiger partial charge in [0.1, 0.15) is 6.61 Å². The third-order valence-electron chi connectivity index (χ3n) is 5.30. The van der Waals surface area contributed by atoms with Crippen molar-refractivity contribution >= 4 is 28.0 Å². The molecule has 0 spiro atoms. The van der Waals surface area contributed by atoms with Gasteiger partial charge in [0.05, 0.1) is 5.56 Å². The number of benzene rings is 3. The molecule has 6 heteroatoms. The smallest absolute Gasteiger partial charge is 0.407 e. The van der Waals surface area contributed by atoms with Crippen molar-refractivity contribution in [3.63, 3.8) is 0 Å². The number of rotatable bonds is 5. The number of carbonyl (C=O) groups is 2. The first-order chi connectivity index (χ1) is 15.5. The van der Waals surface area contributed by atoms with E-state index in [9.17, 15) is 14.7 Å². The fourth-order valence-electron chi connectivity index (χ4n) is 3.84. The van der Waals surface area contributed by atoms with Crippen LogP contribution in [0.2, 0.25) is 0 Å².